The van der Waals surface area contributed by atoms with Gasteiger partial charge in [-0.15, -0.1) is 0 Å². The number of methoxy groups -OCH3 is 3. The number of phenolic OH excluding ortho intramolecular Hbond substituents is 2. The number of ketones is 1. The number of rotatable bonds is 9. The second-order valence-electron chi connectivity index (χ2n) is 13.3. The Morgan fingerprint density at radius 1 is 0.962 bits per heavy atom. The molecule has 12 heteroatoms. The van der Waals surface area contributed by atoms with Gasteiger partial charge in [0.15, 0.2) is 11.5 Å². The van der Waals surface area contributed by atoms with Gasteiger partial charge in [0.05, 0.1) is 34.0 Å². The molecular weight excluding hydrogens is 680 g/mol. The van der Waals surface area contributed by atoms with E-state index in [0.717, 1.165) is 24.1 Å². The summed E-state index contributed by atoms with van der Waals surface area (Å²) in [5.74, 6) is -2.70. The summed E-state index contributed by atoms with van der Waals surface area (Å²) < 4.78 is 22.4. The lowest BCUT2D eigenvalue weighted by atomic mass is 9.84. The van der Waals surface area contributed by atoms with Gasteiger partial charge in [-0.3, -0.25) is 14.4 Å². The van der Waals surface area contributed by atoms with Crippen molar-refractivity contribution in [3.63, 3.8) is 0 Å². The minimum absolute atomic E-state index is 0.103. The first-order valence-corrected chi connectivity index (χ1v) is 18.0. The molecule has 2 heterocycles. The molecule has 1 unspecified atom stereocenters. The van der Waals surface area contributed by atoms with Gasteiger partial charge in [-0.2, -0.15) is 0 Å². The number of esters is 1. The summed E-state index contributed by atoms with van der Waals surface area (Å²) in [7, 11) is 4.33. The van der Waals surface area contributed by atoms with E-state index in [1.54, 1.807) is 36.1 Å². The number of aromatic hydroxyl groups is 2. The minimum atomic E-state index is -1.08. The average Bonchev–Trinajstić information content (AvgIpc) is 3.14. The summed E-state index contributed by atoms with van der Waals surface area (Å²) in [6.45, 7) is 1.96. The number of cyclic esters (lactones) is 1. The maximum absolute atomic E-state index is 13.8. The molecule has 0 radical (unpaired) electrons. The number of Topliss-reactive ketones (excluding diaryl/α,β-unsaturated/α-hetero) is 1. The van der Waals surface area contributed by atoms with Crippen LogP contribution in [-0.2, 0) is 25.5 Å². The van der Waals surface area contributed by atoms with E-state index in [4.69, 9.17) is 18.9 Å². The molecule has 3 aromatic carbocycles. The second kappa shape index (κ2) is 17.8. The molecule has 0 saturated carbocycles. The Hall–Kier alpha value is -5.52. The minimum Gasteiger partial charge on any atom is -0.507 e. The highest BCUT2D eigenvalue weighted by Gasteiger charge is 2.33. The molecule has 3 aromatic rings. The van der Waals surface area contributed by atoms with E-state index >= 15 is 0 Å². The molecule has 2 amide bonds. The zero-order valence-corrected chi connectivity index (χ0v) is 30.7. The number of aryl methyl sites for hydroxylation is 1. The number of amides is 2. The van der Waals surface area contributed by atoms with Gasteiger partial charge in [0, 0.05) is 43.0 Å². The number of phenols is 2. The van der Waals surface area contributed by atoms with Crippen molar-refractivity contribution >= 4 is 35.3 Å². The van der Waals surface area contributed by atoms with Crippen molar-refractivity contribution in [3.8, 4) is 28.7 Å². The highest BCUT2D eigenvalue weighted by atomic mass is 16.5. The van der Waals surface area contributed by atoms with Crippen LogP contribution < -0.4 is 24.4 Å². The molecule has 3 N–H and O–H groups in total. The number of allylic oxidation sites excluding steroid dienone is 1. The molecule has 0 bridgehead atoms. The number of hydrogen-bond acceptors (Lipinski definition) is 10. The first kappa shape index (κ1) is 38.7. The summed E-state index contributed by atoms with van der Waals surface area (Å²) in [5.41, 5.74) is 2.20. The van der Waals surface area contributed by atoms with E-state index in [9.17, 15) is 29.4 Å². The van der Waals surface area contributed by atoms with E-state index in [2.05, 4.69) is 5.32 Å². The number of benzene rings is 3. The summed E-state index contributed by atoms with van der Waals surface area (Å²) in [4.78, 5) is 54.8. The zero-order valence-electron chi connectivity index (χ0n) is 30.7. The molecule has 0 spiro atoms. The standard InChI is InChI=1S/C41H48N2O10/c1-25-12-10-17-29(44)16-7-5-6-14-27-20-32(45)38(39(48)37(27)41(49)53-25)30(28-21-33(50-2)40(52-4)34(22-28)51-3)23-35(46)42-24-36(47)43-19-11-15-26-13-8-9-18-31(26)43/h6,8-9,13-14,18,20-22,25,30,45,48H,5,7,10-12,15-17,19,23-24H2,1-4H3,(H,42,46)/b14-6+/t25-,30?/m0/s1. The number of hydrogen-bond donors (Lipinski definition) is 3. The van der Waals surface area contributed by atoms with Crippen LogP contribution in [0.25, 0.3) is 6.08 Å². The molecule has 53 heavy (non-hydrogen) atoms. The molecule has 0 fully saturated rings. The van der Waals surface area contributed by atoms with Gasteiger partial charge in [-0.1, -0.05) is 30.4 Å². The van der Waals surface area contributed by atoms with Crippen LogP contribution in [0, 0.1) is 0 Å². The van der Waals surface area contributed by atoms with Crippen LogP contribution in [0.4, 0.5) is 5.69 Å². The molecule has 12 nitrogen and oxygen atoms in total. The monoisotopic (exact) mass is 728 g/mol. The number of anilines is 1. The van der Waals surface area contributed by atoms with Crippen LogP contribution in [0.5, 0.6) is 28.7 Å². The number of carbonyl (C=O) groups excluding carboxylic acids is 4. The Morgan fingerprint density at radius 3 is 2.40 bits per heavy atom. The first-order valence-electron chi connectivity index (χ1n) is 18.0. The summed E-state index contributed by atoms with van der Waals surface area (Å²) >= 11 is 0. The van der Waals surface area contributed by atoms with Crippen molar-refractivity contribution in [3.05, 3.63) is 76.4 Å². The number of ether oxygens (including phenoxy) is 4. The summed E-state index contributed by atoms with van der Waals surface area (Å²) in [5, 5.41) is 26.3. The van der Waals surface area contributed by atoms with Gasteiger partial charge in [-0.05, 0) is 86.4 Å². The van der Waals surface area contributed by atoms with Crippen LogP contribution in [0.15, 0.2) is 48.5 Å². The molecule has 0 aromatic heterocycles. The van der Waals surface area contributed by atoms with Gasteiger partial charge in [0.25, 0.3) is 0 Å². The maximum Gasteiger partial charge on any atom is 0.342 e. The van der Waals surface area contributed by atoms with Crippen molar-refractivity contribution in [1.29, 1.82) is 0 Å². The van der Waals surface area contributed by atoms with E-state index in [1.807, 2.05) is 24.3 Å². The number of nitrogens with zero attached hydrogens (tertiary/aromatic N) is 1. The third-order valence-corrected chi connectivity index (χ3v) is 9.73. The van der Waals surface area contributed by atoms with Gasteiger partial charge in [0.1, 0.15) is 22.8 Å². The topological polar surface area (TPSA) is 161 Å². The fourth-order valence-electron chi connectivity index (χ4n) is 7.03. The Kier molecular flexibility index (Phi) is 13.0. The maximum atomic E-state index is 13.8. The van der Waals surface area contributed by atoms with Crippen molar-refractivity contribution < 1.29 is 48.3 Å². The molecule has 0 saturated heterocycles. The van der Waals surface area contributed by atoms with Gasteiger partial charge in [-0.25, -0.2) is 4.79 Å². The average molecular weight is 729 g/mol. The molecular formula is C41H48N2O10. The number of fused-ring (bicyclic) bond motifs is 2. The Morgan fingerprint density at radius 2 is 1.68 bits per heavy atom. The fraction of sp³-hybridized carbons (Fsp3) is 0.415. The molecule has 2 atom stereocenters. The fourth-order valence-corrected chi connectivity index (χ4v) is 7.03. The Labute approximate surface area is 309 Å². The van der Waals surface area contributed by atoms with Crippen molar-refractivity contribution in [1.82, 2.24) is 5.32 Å². The quantitative estimate of drug-likeness (QED) is 0.216. The normalized spacial score (nSPS) is 17.7. The lowest BCUT2D eigenvalue weighted by molar-refractivity contribution is -0.125. The predicted octanol–water partition coefficient (Wildman–Crippen LogP) is 6.22. The van der Waals surface area contributed by atoms with E-state index in [1.165, 1.54) is 27.4 Å². The summed E-state index contributed by atoms with van der Waals surface area (Å²) in [6, 6.07) is 12.2. The van der Waals surface area contributed by atoms with E-state index < -0.39 is 29.6 Å². The number of carbonyl (C=O) groups is 4. The van der Waals surface area contributed by atoms with Gasteiger partial charge >= 0.3 is 5.97 Å². The first-order chi connectivity index (χ1) is 25.6. The molecule has 2 aliphatic heterocycles. The highest BCUT2D eigenvalue weighted by molar-refractivity contribution is 5.99. The Bertz CT molecular complexity index is 1840. The van der Waals surface area contributed by atoms with Crippen LogP contribution >= 0.6 is 0 Å². The number of para-hydroxylation sites is 1. The Balaban J connectivity index is 1.54. The number of nitrogens with one attached hydrogen (secondary N) is 1. The zero-order chi connectivity index (χ0) is 38.1. The molecule has 0 aliphatic carbocycles. The lowest BCUT2D eigenvalue weighted by Crippen LogP contribution is -2.42. The third kappa shape index (κ3) is 9.11. The van der Waals surface area contributed by atoms with Crippen molar-refractivity contribution in [2.24, 2.45) is 0 Å². The van der Waals surface area contributed by atoms with E-state index in [-0.39, 0.29) is 64.3 Å². The van der Waals surface area contributed by atoms with Crippen LogP contribution in [-0.4, -0.2) is 74.3 Å². The highest BCUT2D eigenvalue weighted by Crippen LogP contribution is 2.47. The molecule has 282 valence electrons. The van der Waals surface area contributed by atoms with E-state index in [0.29, 0.717) is 50.6 Å². The van der Waals surface area contributed by atoms with Crippen LogP contribution in [0.1, 0.15) is 96.8 Å². The van der Waals surface area contributed by atoms with Gasteiger partial charge < -0.3 is 39.4 Å². The largest absolute Gasteiger partial charge is 0.507 e. The van der Waals surface area contributed by atoms with Crippen LogP contribution in [0.3, 0.4) is 0 Å². The van der Waals surface area contributed by atoms with Crippen molar-refractivity contribution in [2.45, 2.75) is 76.7 Å². The second-order valence-corrected chi connectivity index (χ2v) is 13.3. The predicted molar refractivity (Wildman–Crippen MR) is 199 cm³/mol. The van der Waals surface area contributed by atoms with Gasteiger partial charge in [0.2, 0.25) is 17.6 Å². The SMILES string of the molecule is COc1cc(C(CC(=O)NCC(=O)N2CCCc3ccccc32)c2c(O)cc3c(c2O)C(=O)O[C@@H](C)CCCC(=O)CCC/C=C/3)cc(OC)c1OC. The van der Waals surface area contributed by atoms with Crippen molar-refractivity contribution in [2.75, 3.05) is 39.3 Å². The smallest absolute Gasteiger partial charge is 0.342 e. The molecule has 5 rings (SSSR count). The van der Waals surface area contributed by atoms with Crippen LogP contribution in [0.2, 0.25) is 0 Å². The summed E-state index contributed by atoms with van der Waals surface area (Å²) in [6.07, 6.45) is 7.09. The third-order valence-electron chi connectivity index (χ3n) is 9.73. The molecule has 2 aliphatic rings. The lowest BCUT2D eigenvalue weighted by Gasteiger charge is -2.29.